The summed E-state index contributed by atoms with van der Waals surface area (Å²) in [6.07, 6.45) is 6.41. The summed E-state index contributed by atoms with van der Waals surface area (Å²) in [7, 11) is 0. The van der Waals surface area contributed by atoms with Gasteiger partial charge >= 0.3 is 0 Å². The molecule has 2 rings (SSSR count). The summed E-state index contributed by atoms with van der Waals surface area (Å²) in [6.45, 7) is 0.552. The van der Waals surface area contributed by atoms with Gasteiger partial charge in [-0.05, 0) is 37.8 Å². The van der Waals surface area contributed by atoms with Crippen molar-refractivity contribution in [1.29, 1.82) is 0 Å². The number of ether oxygens (including phenoxy) is 1. The number of rotatable bonds is 6. The number of carbonyl (C=O) groups is 1. The van der Waals surface area contributed by atoms with Gasteiger partial charge in [0.1, 0.15) is 12.3 Å². The van der Waals surface area contributed by atoms with Gasteiger partial charge < -0.3 is 15.8 Å². The molecule has 116 valence electrons. The normalized spacial score (nSPS) is 15.9. The minimum atomic E-state index is -0.525. The van der Waals surface area contributed by atoms with Gasteiger partial charge in [-0.25, -0.2) is 0 Å². The van der Waals surface area contributed by atoms with Gasteiger partial charge in [-0.3, -0.25) is 4.79 Å². The molecule has 0 unspecified atom stereocenters. The topological polar surface area (TPSA) is 68.9 Å². The third-order valence-corrected chi connectivity index (χ3v) is 4.26. The van der Waals surface area contributed by atoms with E-state index >= 15 is 0 Å². The van der Waals surface area contributed by atoms with E-state index in [1.807, 2.05) is 6.07 Å². The van der Waals surface area contributed by atoms with E-state index in [0.29, 0.717) is 21.8 Å². The highest BCUT2D eigenvalue weighted by Crippen LogP contribution is 2.32. The number of hydrogen-bond donors (Lipinski definition) is 2. The Hall–Kier alpha value is -0.970. The Balaban J connectivity index is 2.06. The highest BCUT2D eigenvalue weighted by atomic mass is 35.5. The fourth-order valence-corrected chi connectivity index (χ4v) is 3.32. The van der Waals surface area contributed by atoms with Crippen molar-refractivity contribution in [3.63, 3.8) is 0 Å². The molecule has 21 heavy (non-hydrogen) atoms. The molecule has 1 aliphatic rings. The molecule has 1 fully saturated rings. The monoisotopic (exact) mass is 331 g/mol. The smallest absolute Gasteiger partial charge is 0.255 e. The van der Waals surface area contributed by atoms with Gasteiger partial charge in [0.15, 0.2) is 6.61 Å². The Morgan fingerprint density at radius 3 is 2.67 bits per heavy atom. The Morgan fingerprint density at radius 2 is 2.00 bits per heavy atom. The zero-order valence-electron chi connectivity index (χ0n) is 11.9. The molecule has 0 saturated heterocycles. The highest BCUT2D eigenvalue weighted by Gasteiger charge is 2.18. The lowest BCUT2D eigenvalue weighted by atomic mass is 9.95. The number of quaternary nitrogens is 1. The summed E-state index contributed by atoms with van der Waals surface area (Å²) in [5, 5.41) is 3.28. The van der Waals surface area contributed by atoms with Gasteiger partial charge in [0, 0.05) is 5.02 Å². The van der Waals surface area contributed by atoms with Crippen LogP contribution >= 0.6 is 23.2 Å². The van der Waals surface area contributed by atoms with Crippen LogP contribution in [0.3, 0.4) is 0 Å². The van der Waals surface area contributed by atoms with E-state index in [9.17, 15) is 4.79 Å². The van der Waals surface area contributed by atoms with E-state index < -0.39 is 5.91 Å². The predicted octanol–water partition coefficient (Wildman–Crippen LogP) is 2.25. The summed E-state index contributed by atoms with van der Waals surface area (Å²) in [5.41, 5.74) is 6.02. The average Bonchev–Trinajstić information content (AvgIpc) is 2.44. The first-order valence-electron chi connectivity index (χ1n) is 7.28. The lowest BCUT2D eigenvalue weighted by molar-refractivity contribution is -0.706. The predicted molar refractivity (Wildman–Crippen MR) is 83.7 cm³/mol. The Morgan fingerprint density at radius 1 is 1.29 bits per heavy atom. The van der Waals surface area contributed by atoms with Crippen LogP contribution in [0.5, 0.6) is 5.75 Å². The maximum Gasteiger partial charge on any atom is 0.255 e. The highest BCUT2D eigenvalue weighted by molar-refractivity contribution is 6.35. The van der Waals surface area contributed by atoms with Gasteiger partial charge in [0.25, 0.3) is 5.91 Å². The van der Waals surface area contributed by atoms with Gasteiger partial charge in [-0.1, -0.05) is 29.6 Å². The van der Waals surface area contributed by atoms with Gasteiger partial charge in [0.05, 0.1) is 16.6 Å². The number of benzene rings is 1. The lowest BCUT2D eigenvalue weighted by Crippen LogP contribution is -2.88. The molecule has 0 aromatic heterocycles. The van der Waals surface area contributed by atoms with Crippen molar-refractivity contribution in [2.24, 2.45) is 5.73 Å². The largest absolute Gasteiger partial charge is 0.482 e. The van der Waals surface area contributed by atoms with E-state index in [-0.39, 0.29) is 6.61 Å². The number of halogens is 2. The zero-order chi connectivity index (χ0) is 15.2. The summed E-state index contributed by atoms with van der Waals surface area (Å²) < 4.78 is 5.44. The molecule has 0 atom stereocenters. The van der Waals surface area contributed by atoms with Crippen molar-refractivity contribution in [2.75, 3.05) is 6.61 Å². The first kappa shape index (κ1) is 16.4. The lowest BCUT2D eigenvalue weighted by Gasteiger charge is -2.20. The van der Waals surface area contributed by atoms with Crippen LogP contribution in [-0.4, -0.2) is 18.6 Å². The van der Waals surface area contributed by atoms with Gasteiger partial charge in [0.2, 0.25) is 0 Å². The van der Waals surface area contributed by atoms with E-state index in [0.717, 1.165) is 12.1 Å². The second-order valence-electron chi connectivity index (χ2n) is 5.47. The fourth-order valence-electron chi connectivity index (χ4n) is 2.73. The Labute approximate surface area is 134 Å². The SMILES string of the molecule is NC(=O)COc1c(Cl)cc(Cl)cc1C[NH2+]C1CCCCC1. The third kappa shape index (κ3) is 5.06. The second kappa shape index (κ2) is 7.87. The number of nitrogens with two attached hydrogens (primary N) is 2. The fraction of sp³-hybridized carbons (Fsp3) is 0.533. The van der Waals surface area contributed by atoms with Crippen molar-refractivity contribution < 1.29 is 14.8 Å². The van der Waals surface area contributed by atoms with Crippen LogP contribution in [-0.2, 0) is 11.3 Å². The summed E-state index contributed by atoms with van der Waals surface area (Å²) in [4.78, 5) is 10.9. The number of hydrogen-bond acceptors (Lipinski definition) is 2. The molecule has 1 aliphatic carbocycles. The molecule has 0 spiro atoms. The van der Waals surface area contributed by atoms with Crippen LogP contribution < -0.4 is 15.8 Å². The summed E-state index contributed by atoms with van der Waals surface area (Å²) >= 11 is 12.2. The molecule has 0 bridgehead atoms. The van der Waals surface area contributed by atoms with E-state index in [4.69, 9.17) is 33.7 Å². The molecule has 1 aromatic rings. The van der Waals surface area contributed by atoms with Crippen molar-refractivity contribution in [3.05, 3.63) is 27.7 Å². The molecule has 1 amide bonds. The summed E-state index contributed by atoms with van der Waals surface area (Å²) in [6, 6.07) is 4.09. The molecule has 0 aliphatic heterocycles. The molecular weight excluding hydrogens is 311 g/mol. The van der Waals surface area contributed by atoms with Crippen LogP contribution in [0.25, 0.3) is 0 Å². The Kier molecular flexibility index (Phi) is 6.15. The molecule has 1 aromatic carbocycles. The van der Waals surface area contributed by atoms with Crippen LogP contribution in [0.1, 0.15) is 37.7 Å². The molecule has 0 heterocycles. The van der Waals surface area contributed by atoms with Crippen LogP contribution in [0.15, 0.2) is 12.1 Å². The van der Waals surface area contributed by atoms with Crippen molar-refractivity contribution in [3.8, 4) is 5.75 Å². The number of amides is 1. The molecule has 1 saturated carbocycles. The quantitative estimate of drug-likeness (QED) is 0.839. The molecule has 0 radical (unpaired) electrons. The van der Waals surface area contributed by atoms with E-state index in [1.165, 1.54) is 32.1 Å². The minimum Gasteiger partial charge on any atom is -0.482 e. The van der Waals surface area contributed by atoms with Crippen molar-refractivity contribution in [2.45, 2.75) is 44.7 Å². The minimum absolute atomic E-state index is 0.183. The van der Waals surface area contributed by atoms with Crippen LogP contribution in [0, 0.1) is 0 Å². The number of primary amides is 1. The average molecular weight is 332 g/mol. The van der Waals surface area contributed by atoms with E-state index in [2.05, 4.69) is 5.32 Å². The van der Waals surface area contributed by atoms with Gasteiger partial charge in [-0.15, -0.1) is 0 Å². The van der Waals surface area contributed by atoms with Crippen molar-refractivity contribution in [1.82, 2.24) is 0 Å². The molecular formula is C15H21Cl2N2O2+. The standard InChI is InChI=1S/C15H20Cl2N2O2/c16-11-6-10(8-19-12-4-2-1-3-5-12)15(13(17)7-11)21-9-14(18)20/h6-7,12,19H,1-5,8-9H2,(H2,18,20)/p+1. The Bertz CT molecular complexity index is 503. The first-order valence-corrected chi connectivity index (χ1v) is 8.04. The third-order valence-electron chi connectivity index (χ3n) is 3.76. The maximum atomic E-state index is 10.9. The summed E-state index contributed by atoms with van der Waals surface area (Å²) in [5.74, 6) is -0.0184. The maximum absolute atomic E-state index is 10.9. The number of carbonyl (C=O) groups excluding carboxylic acids is 1. The van der Waals surface area contributed by atoms with Gasteiger partial charge in [-0.2, -0.15) is 0 Å². The van der Waals surface area contributed by atoms with E-state index in [1.54, 1.807) is 6.07 Å². The second-order valence-corrected chi connectivity index (χ2v) is 6.31. The van der Waals surface area contributed by atoms with Crippen LogP contribution in [0.4, 0.5) is 0 Å². The van der Waals surface area contributed by atoms with Crippen LogP contribution in [0.2, 0.25) is 10.0 Å². The molecule has 4 N–H and O–H groups in total. The molecule has 4 nitrogen and oxygen atoms in total. The zero-order valence-corrected chi connectivity index (χ0v) is 13.4. The van der Waals surface area contributed by atoms with Crippen molar-refractivity contribution >= 4 is 29.1 Å². The first-order chi connectivity index (χ1) is 10.1. The molecule has 6 heteroatoms.